The van der Waals surface area contributed by atoms with E-state index in [1.807, 2.05) is 6.92 Å². The van der Waals surface area contributed by atoms with Gasteiger partial charge < -0.3 is 0 Å². The zero-order chi connectivity index (χ0) is 17.5. The van der Waals surface area contributed by atoms with E-state index in [-0.39, 0.29) is 0 Å². The topological polar surface area (TPSA) is 0 Å². The van der Waals surface area contributed by atoms with E-state index < -0.39 is 0 Å². The lowest BCUT2D eigenvalue weighted by atomic mass is 9.97. The molecule has 4 aromatic carbocycles. The third-order valence-electron chi connectivity index (χ3n) is 4.75. The summed E-state index contributed by atoms with van der Waals surface area (Å²) in [5, 5.41) is 9.01. The van der Waals surface area contributed by atoms with Crippen molar-refractivity contribution < 1.29 is 0 Å². The van der Waals surface area contributed by atoms with Crippen LogP contribution in [0.15, 0.2) is 66.7 Å². The van der Waals surface area contributed by atoms with Crippen LogP contribution in [0, 0.1) is 23.7 Å². The Labute approximate surface area is 156 Å². The minimum Gasteiger partial charge on any atom is -0.127 e. The fourth-order valence-corrected chi connectivity index (χ4v) is 4.50. The molecule has 1 heterocycles. The maximum absolute atomic E-state index is 3.16. The molecule has 0 aliphatic carbocycles. The predicted octanol–water partition coefficient (Wildman–Crippen LogP) is 6.74. The Hall–Kier alpha value is -3.26. The minimum absolute atomic E-state index is 1.06. The second kappa shape index (κ2) is 5.92. The zero-order valence-electron chi connectivity index (χ0n) is 14.3. The molecule has 0 nitrogen and oxygen atoms in total. The van der Waals surface area contributed by atoms with Gasteiger partial charge in [-0.15, -0.1) is 11.3 Å². The van der Waals surface area contributed by atoms with Gasteiger partial charge in [0.25, 0.3) is 0 Å². The molecule has 0 aliphatic rings. The Bertz CT molecular complexity index is 1440. The molecule has 0 atom stereocenters. The number of benzene rings is 4. The van der Waals surface area contributed by atoms with Crippen LogP contribution in [0.2, 0.25) is 0 Å². The molecule has 0 aliphatic heterocycles. The number of hydrogen-bond acceptors (Lipinski definition) is 1. The molecule has 0 radical (unpaired) electrons. The molecule has 26 heavy (non-hydrogen) atoms. The number of hydrogen-bond donors (Lipinski definition) is 0. The highest BCUT2D eigenvalue weighted by atomic mass is 32.1. The summed E-state index contributed by atoms with van der Waals surface area (Å²) >= 11 is 1.73. The van der Waals surface area contributed by atoms with Gasteiger partial charge in [-0.2, -0.15) is 0 Å². The molecule has 0 spiro atoms. The highest BCUT2D eigenvalue weighted by Gasteiger charge is 2.08. The lowest BCUT2D eigenvalue weighted by molar-refractivity contribution is 1.79. The monoisotopic (exact) mass is 346 g/mol. The summed E-state index contributed by atoms with van der Waals surface area (Å²) < 4.78 is 1.27. The Kier molecular flexibility index (Phi) is 3.42. The molecule has 5 aromatic rings. The van der Waals surface area contributed by atoms with Gasteiger partial charge in [0.1, 0.15) is 0 Å². The quantitative estimate of drug-likeness (QED) is 0.165. The van der Waals surface area contributed by atoms with Crippen molar-refractivity contribution in [2.75, 3.05) is 0 Å². The summed E-state index contributed by atoms with van der Waals surface area (Å²) in [6.45, 7) is 1.81. The van der Waals surface area contributed by atoms with Gasteiger partial charge in [-0.3, -0.25) is 0 Å². The van der Waals surface area contributed by atoms with E-state index in [4.69, 9.17) is 0 Å². The van der Waals surface area contributed by atoms with E-state index in [0.717, 1.165) is 4.88 Å². The number of fused-ring (bicyclic) bond motifs is 6. The highest BCUT2D eigenvalue weighted by Crippen LogP contribution is 2.36. The molecule has 0 amide bonds. The summed E-state index contributed by atoms with van der Waals surface area (Å²) in [6.07, 6.45) is 0. The number of thiophene rings is 1. The van der Waals surface area contributed by atoms with Crippen molar-refractivity contribution in [3.63, 3.8) is 0 Å². The van der Waals surface area contributed by atoms with Crippen LogP contribution < -0.4 is 0 Å². The van der Waals surface area contributed by atoms with E-state index in [2.05, 4.69) is 90.4 Å². The fraction of sp³-hybridized carbons (Fsp3) is 0.0400. The Morgan fingerprint density at radius 1 is 0.654 bits per heavy atom. The second-order valence-corrected chi connectivity index (χ2v) is 7.38. The smallest absolute Gasteiger partial charge is 0.0791 e. The van der Waals surface area contributed by atoms with Crippen LogP contribution in [0.25, 0.3) is 42.4 Å². The first kappa shape index (κ1) is 15.0. The average Bonchev–Trinajstić information content (AvgIpc) is 3.09. The normalized spacial score (nSPS) is 10.7. The first-order valence-corrected chi connectivity index (χ1v) is 9.36. The average molecular weight is 346 g/mol. The molecule has 0 unspecified atom stereocenters. The standard InChI is InChI=1S/C25H14S/c1-2-3-4-9-20-16-24-22-11-10-19-14-17-7-5-6-8-18(17)15-23(19)21(22)12-13-25(24)26-20/h5-8,10-16H,1H3. The molecule has 1 heteroatoms. The molecule has 0 saturated carbocycles. The maximum Gasteiger partial charge on any atom is 0.0791 e. The maximum atomic E-state index is 3.16. The van der Waals surface area contributed by atoms with Crippen LogP contribution >= 0.6 is 11.3 Å². The van der Waals surface area contributed by atoms with Gasteiger partial charge in [0.2, 0.25) is 0 Å². The molecule has 120 valence electrons. The first-order chi connectivity index (χ1) is 12.8. The van der Waals surface area contributed by atoms with Crippen molar-refractivity contribution in [3.8, 4) is 23.7 Å². The Balaban J connectivity index is 1.83. The van der Waals surface area contributed by atoms with Gasteiger partial charge in [-0.05, 0) is 81.3 Å². The highest BCUT2D eigenvalue weighted by molar-refractivity contribution is 7.19. The number of rotatable bonds is 0. The van der Waals surface area contributed by atoms with Crippen molar-refractivity contribution in [1.29, 1.82) is 0 Å². The Morgan fingerprint density at radius 3 is 2.27 bits per heavy atom. The van der Waals surface area contributed by atoms with Crippen LogP contribution in [0.1, 0.15) is 11.8 Å². The minimum atomic E-state index is 1.06. The molecule has 5 rings (SSSR count). The van der Waals surface area contributed by atoms with Crippen molar-refractivity contribution in [2.45, 2.75) is 6.92 Å². The van der Waals surface area contributed by atoms with Gasteiger partial charge in [-0.25, -0.2) is 0 Å². The molecule has 0 saturated heterocycles. The van der Waals surface area contributed by atoms with Crippen molar-refractivity contribution in [2.24, 2.45) is 0 Å². The molecule has 0 bridgehead atoms. The molecular formula is C25H14S. The lowest BCUT2D eigenvalue weighted by Crippen LogP contribution is -1.80. The van der Waals surface area contributed by atoms with Crippen LogP contribution in [0.3, 0.4) is 0 Å². The van der Waals surface area contributed by atoms with Gasteiger partial charge in [-0.1, -0.05) is 48.4 Å². The first-order valence-electron chi connectivity index (χ1n) is 8.54. The van der Waals surface area contributed by atoms with Gasteiger partial charge >= 0.3 is 0 Å². The van der Waals surface area contributed by atoms with Crippen LogP contribution in [-0.2, 0) is 0 Å². The third kappa shape index (κ3) is 2.34. The van der Waals surface area contributed by atoms with Crippen molar-refractivity contribution >= 4 is 53.7 Å². The SMILES string of the molecule is CC#CC#Cc1cc2c(ccc3c4cc5ccccc5cc4ccc23)s1. The fourth-order valence-electron chi connectivity index (χ4n) is 3.57. The zero-order valence-corrected chi connectivity index (χ0v) is 15.1. The summed E-state index contributed by atoms with van der Waals surface area (Å²) in [7, 11) is 0. The van der Waals surface area contributed by atoms with Crippen molar-refractivity contribution in [3.05, 3.63) is 71.6 Å². The van der Waals surface area contributed by atoms with Crippen molar-refractivity contribution in [1.82, 2.24) is 0 Å². The Morgan fingerprint density at radius 2 is 1.42 bits per heavy atom. The lowest BCUT2D eigenvalue weighted by Gasteiger charge is -2.07. The van der Waals surface area contributed by atoms with Gasteiger partial charge in [0.15, 0.2) is 0 Å². The molecule has 0 N–H and O–H groups in total. The molecular weight excluding hydrogens is 332 g/mol. The van der Waals surface area contributed by atoms with E-state index in [1.165, 1.54) is 42.4 Å². The van der Waals surface area contributed by atoms with Crippen LogP contribution in [0.4, 0.5) is 0 Å². The summed E-state index contributed by atoms with van der Waals surface area (Å²) in [6, 6.07) is 24.3. The molecule has 0 fully saturated rings. The summed E-state index contributed by atoms with van der Waals surface area (Å²) in [5.74, 6) is 11.7. The van der Waals surface area contributed by atoms with E-state index in [9.17, 15) is 0 Å². The van der Waals surface area contributed by atoms with Gasteiger partial charge in [0, 0.05) is 10.1 Å². The second-order valence-electron chi connectivity index (χ2n) is 6.29. The van der Waals surface area contributed by atoms with Crippen LogP contribution in [0.5, 0.6) is 0 Å². The summed E-state index contributed by atoms with van der Waals surface area (Å²) in [5.41, 5.74) is 0. The van der Waals surface area contributed by atoms with Crippen LogP contribution in [-0.4, -0.2) is 0 Å². The van der Waals surface area contributed by atoms with E-state index in [1.54, 1.807) is 11.3 Å². The van der Waals surface area contributed by atoms with Gasteiger partial charge in [0.05, 0.1) is 4.88 Å². The third-order valence-corrected chi connectivity index (χ3v) is 5.77. The summed E-state index contributed by atoms with van der Waals surface area (Å²) in [4.78, 5) is 1.06. The largest absolute Gasteiger partial charge is 0.127 e. The van der Waals surface area contributed by atoms with E-state index in [0.29, 0.717) is 0 Å². The molecule has 1 aromatic heterocycles. The van der Waals surface area contributed by atoms with E-state index >= 15 is 0 Å². The predicted molar refractivity (Wildman–Crippen MR) is 115 cm³/mol.